The summed E-state index contributed by atoms with van der Waals surface area (Å²) in [6, 6.07) is 0. The average molecular weight is 1150 g/mol. The average Bonchev–Trinajstić information content (AvgIpc) is 3.07. The van der Waals surface area contributed by atoms with Gasteiger partial charge in [-0.3, -0.25) is 0 Å². The molecule has 0 aliphatic carbocycles. The number of halogens is 46. The molecule has 0 rings (SSSR count). The zero-order chi connectivity index (χ0) is 57.0. The Balaban J connectivity index is 9.23. The normalized spacial score (nSPS) is 18.3. The fourth-order valence-corrected chi connectivity index (χ4v) is 4.57. The van der Waals surface area contributed by atoms with Crippen LogP contribution in [0.3, 0.4) is 0 Å². The van der Waals surface area contributed by atoms with Gasteiger partial charge in [-0.1, -0.05) is 11.6 Å². The lowest BCUT2D eigenvalue weighted by Gasteiger charge is -2.53. The Morgan fingerprint density at radius 3 is 0.338 bits per heavy atom. The lowest BCUT2D eigenvalue weighted by Crippen LogP contribution is -2.87. The molecule has 0 saturated heterocycles. The predicted octanol–water partition coefficient (Wildman–Crippen LogP) is 15.1. The third-order valence-corrected chi connectivity index (χ3v) is 9.04. The van der Waals surface area contributed by atoms with Gasteiger partial charge < -0.3 is 0 Å². The standard InChI is InChI=1S/C22ClF45/c23-1(19(57,58)59,20(60,61)62)2(24,4(27,28)6(31,32)8(35,36)10(39,40)13(45,46)15(49,50)17(53,54)21(63,64)65)3(25,26)5(29,30)7(33,34)9(37,38)11(41,42)12(43,44)14(47,48)16(51,52)18(55,56)22(66,67)68. The van der Waals surface area contributed by atoms with E-state index >= 15 is 4.39 Å². The maximum Gasteiger partial charge on any atom is 0.460 e. The molecule has 0 bridgehead atoms. The van der Waals surface area contributed by atoms with E-state index in [9.17, 15) is 193 Å². The maximum absolute atomic E-state index is 15.7. The lowest BCUT2D eigenvalue weighted by atomic mass is 9.69. The van der Waals surface area contributed by atoms with E-state index in [0.29, 0.717) is 0 Å². The van der Waals surface area contributed by atoms with Crippen molar-refractivity contribution in [2.24, 2.45) is 0 Å². The van der Waals surface area contributed by atoms with E-state index in [0.717, 1.165) is 0 Å². The van der Waals surface area contributed by atoms with Gasteiger partial charge in [0.2, 0.25) is 0 Å². The molecule has 1 atom stereocenters. The highest BCUT2D eigenvalue weighted by Gasteiger charge is 3.07. The van der Waals surface area contributed by atoms with Gasteiger partial charge in [0.25, 0.3) is 10.5 Å². The third-order valence-electron chi connectivity index (χ3n) is 8.35. The van der Waals surface area contributed by atoms with Crippen molar-refractivity contribution in [3.63, 3.8) is 0 Å². The van der Waals surface area contributed by atoms with Crippen molar-refractivity contribution < 1.29 is 198 Å². The third kappa shape index (κ3) is 7.04. The van der Waals surface area contributed by atoms with Crippen LogP contribution in [0.4, 0.5) is 198 Å². The minimum absolute atomic E-state index is 2.91. The molecular weight excluding hydrogens is 1150 g/mol. The minimum atomic E-state index is -11.7. The molecule has 0 N–H and O–H groups in total. The van der Waals surface area contributed by atoms with E-state index in [1.165, 1.54) is 0 Å². The molecule has 0 spiro atoms. The molecule has 0 fully saturated rings. The van der Waals surface area contributed by atoms with Crippen molar-refractivity contribution in [3.05, 3.63) is 0 Å². The van der Waals surface area contributed by atoms with E-state index in [1.807, 2.05) is 0 Å². The summed E-state index contributed by atoms with van der Waals surface area (Å²) in [5, 5.41) is 0. The number of hydrogen-bond acceptors (Lipinski definition) is 0. The van der Waals surface area contributed by atoms with E-state index < -0.39 is 130 Å². The van der Waals surface area contributed by atoms with Crippen LogP contribution in [0, 0.1) is 0 Å². The highest BCUT2D eigenvalue weighted by atomic mass is 35.5. The fraction of sp³-hybridized carbons (Fsp3) is 1.00. The van der Waals surface area contributed by atoms with E-state index in [-0.39, 0.29) is 0 Å². The van der Waals surface area contributed by atoms with Crippen LogP contribution in [0.2, 0.25) is 0 Å². The zero-order valence-corrected chi connectivity index (χ0v) is 29.1. The first-order valence-corrected chi connectivity index (χ1v) is 14.3. The molecule has 0 saturated carbocycles. The molecule has 0 aromatic carbocycles. The predicted molar refractivity (Wildman–Crippen MR) is 116 cm³/mol. The Kier molecular flexibility index (Phi) is 14.7. The van der Waals surface area contributed by atoms with Crippen LogP contribution in [0.25, 0.3) is 0 Å². The van der Waals surface area contributed by atoms with Crippen LogP contribution >= 0.6 is 11.6 Å². The quantitative estimate of drug-likeness (QED) is 0.101. The molecule has 1 unspecified atom stereocenters. The number of alkyl halides is 46. The van der Waals surface area contributed by atoms with Crippen molar-refractivity contribution in [2.45, 2.75) is 130 Å². The molecule has 0 radical (unpaired) electrons. The Morgan fingerprint density at radius 1 is 0.132 bits per heavy atom. The van der Waals surface area contributed by atoms with Gasteiger partial charge in [-0.2, -0.15) is 193 Å². The first-order chi connectivity index (χ1) is 28.2. The van der Waals surface area contributed by atoms with Gasteiger partial charge in [0.15, 0.2) is 0 Å². The van der Waals surface area contributed by atoms with Gasteiger partial charge in [-0.25, -0.2) is 4.39 Å². The lowest BCUT2D eigenvalue weighted by molar-refractivity contribution is -0.495. The van der Waals surface area contributed by atoms with Gasteiger partial charge >= 0.3 is 119 Å². The fourth-order valence-electron chi connectivity index (χ4n) is 4.34. The first kappa shape index (κ1) is 65.1. The Labute approximate surface area is 340 Å². The van der Waals surface area contributed by atoms with Gasteiger partial charge in [0.1, 0.15) is 0 Å². The van der Waals surface area contributed by atoms with E-state index in [4.69, 9.17) is 0 Å². The summed E-state index contributed by atoms with van der Waals surface area (Å²) in [4.78, 5) is -10.3. The molecule has 68 heavy (non-hydrogen) atoms. The molecular formula is C22ClF45. The molecule has 0 aromatic heterocycles. The number of hydrogen-bond donors (Lipinski definition) is 0. The van der Waals surface area contributed by atoms with Crippen LogP contribution in [-0.4, -0.2) is 130 Å². The summed E-state index contributed by atoms with van der Waals surface area (Å²) in [5.41, 5.74) is -11.7. The summed E-state index contributed by atoms with van der Waals surface area (Å²) in [6.45, 7) is 0. The maximum atomic E-state index is 15.7. The van der Waals surface area contributed by atoms with E-state index in [2.05, 4.69) is 11.6 Å². The molecule has 0 aliphatic rings. The Morgan fingerprint density at radius 2 is 0.235 bits per heavy atom. The summed E-state index contributed by atoms with van der Waals surface area (Å²) < 4.78 is 617. The summed E-state index contributed by atoms with van der Waals surface area (Å²) >= 11 is 2.91. The molecule has 0 nitrogen and oxygen atoms in total. The van der Waals surface area contributed by atoms with Crippen LogP contribution in [0.15, 0.2) is 0 Å². The Bertz CT molecular complexity index is 1810. The van der Waals surface area contributed by atoms with Gasteiger partial charge in [-0.05, 0) is 0 Å². The molecule has 0 aromatic rings. The monoisotopic (exact) mass is 1150 g/mol. The Hall–Kier alpha value is -2.86. The van der Waals surface area contributed by atoms with Crippen molar-refractivity contribution >= 4 is 11.6 Å². The molecule has 0 amide bonds. The zero-order valence-electron chi connectivity index (χ0n) is 28.4. The topological polar surface area (TPSA) is 0 Å². The SMILES string of the molecule is FC(F)(F)C(F)(F)C(F)(F)C(F)(F)C(F)(F)C(F)(F)C(F)(F)C(F)(F)C(F)(F)C(F)(F)C(F)(C(F)(F)C(F)(F)C(F)(F)C(F)(F)C(F)(F)C(F)(F)C(F)(F)C(F)(F)F)C(Cl)(C(F)(F)F)C(F)(F)F. The molecule has 46 heteroatoms. The summed E-state index contributed by atoms with van der Waals surface area (Å²) in [7, 11) is 0. The summed E-state index contributed by atoms with van der Waals surface area (Å²) in [6.07, 6.45) is -37.1. The van der Waals surface area contributed by atoms with E-state index in [1.54, 1.807) is 0 Å². The second-order valence-electron chi connectivity index (χ2n) is 12.5. The van der Waals surface area contributed by atoms with Crippen molar-refractivity contribution in [1.29, 1.82) is 0 Å². The van der Waals surface area contributed by atoms with Crippen molar-refractivity contribution in [3.8, 4) is 0 Å². The van der Waals surface area contributed by atoms with Crippen LogP contribution in [-0.2, 0) is 0 Å². The number of rotatable bonds is 17. The molecule has 0 heterocycles. The highest BCUT2D eigenvalue weighted by Crippen LogP contribution is 2.75. The minimum Gasteiger partial charge on any atom is -0.227 e. The van der Waals surface area contributed by atoms with Gasteiger partial charge in [0, 0.05) is 0 Å². The van der Waals surface area contributed by atoms with Gasteiger partial charge in [0.05, 0.1) is 0 Å². The van der Waals surface area contributed by atoms with Crippen molar-refractivity contribution in [2.75, 3.05) is 0 Å². The second kappa shape index (κ2) is 15.3. The van der Waals surface area contributed by atoms with Crippen LogP contribution in [0.5, 0.6) is 0 Å². The van der Waals surface area contributed by atoms with Gasteiger partial charge in [-0.15, -0.1) is 0 Å². The van der Waals surface area contributed by atoms with Crippen LogP contribution in [0.1, 0.15) is 0 Å². The summed E-state index contributed by atoms with van der Waals surface area (Å²) in [5.74, 6) is -169. The van der Waals surface area contributed by atoms with Crippen molar-refractivity contribution in [1.82, 2.24) is 0 Å². The largest absolute Gasteiger partial charge is 0.460 e. The van der Waals surface area contributed by atoms with Crippen LogP contribution < -0.4 is 0 Å². The smallest absolute Gasteiger partial charge is 0.227 e. The molecule has 0 aliphatic heterocycles. The first-order valence-electron chi connectivity index (χ1n) is 13.9. The second-order valence-corrected chi connectivity index (χ2v) is 13.1. The highest BCUT2D eigenvalue weighted by molar-refractivity contribution is 6.26. The molecule has 410 valence electrons.